The molecule has 0 radical (unpaired) electrons. The van der Waals surface area contributed by atoms with E-state index in [4.69, 9.17) is 4.74 Å². The first-order chi connectivity index (χ1) is 11.0. The average molecular weight is 378 g/mol. The number of methoxy groups -OCH3 is 1. The summed E-state index contributed by atoms with van der Waals surface area (Å²) in [6.07, 6.45) is 3.20. The molecule has 0 bridgehead atoms. The highest BCUT2D eigenvalue weighted by molar-refractivity contribution is 9.10. The summed E-state index contributed by atoms with van der Waals surface area (Å²) in [6.45, 7) is 0.471. The Kier molecular flexibility index (Phi) is 6.12. The number of halogens is 1. The highest BCUT2D eigenvalue weighted by Crippen LogP contribution is 2.27. The summed E-state index contributed by atoms with van der Waals surface area (Å²) < 4.78 is 6.20. The van der Waals surface area contributed by atoms with Crippen molar-refractivity contribution in [3.63, 3.8) is 0 Å². The largest absolute Gasteiger partial charge is 0.496 e. The van der Waals surface area contributed by atoms with E-state index in [1.165, 1.54) is 0 Å². The van der Waals surface area contributed by atoms with E-state index in [9.17, 15) is 4.79 Å². The van der Waals surface area contributed by atoms with Crippen molar-refractivity contribution in [1.82, 2.24) is 15.2 Å². The topological polar surface area (TPSA) is 54.5 Å². The number of nitrogens with zero attached hydrogens (tertiary/aromatic N) is 2. The molecule has 1 N–H and O–H groups in total. The average Bonchev–Trinajstić information content (AvgIpc) is 2.55. The minimum atomic E-state index is -0.152. The maximum atomic E-state index is 12.3. The van der Waals surface area contributed by atoms with E-state index < -0.39 is 0 Å². The number of nitrogens with one attached hydrogen (secondary N) is 1. The molecule has 23 heavy (non-hydrogen) atoms. The van der Waals surface area contributed by atoms with Crippen molar-refractivity contribution in [2.45, 2.75) is 6.04 Å². The third kappa shape index (κ3) is 4.53. The summed E-state index contributed by atoms with van der Waals surface area (Å²) in [5.74, 6) is 0.658. The van der Waals surface area contributed by atoms with Gasteiger partial charge >= 0.3 is 0 Å². The van der Waals surface area contributed by atoms with Crippen LogP contribution in [-0.4, -0.2) is 43.5 Å². The lowest BCUT2D eigenvalue weighted by atomic mass is 10.0. The smallest absolute Gasteiger partial charge is 0.252 e. The molecule has 0 aliphatic heterocycles. The Morgan fingerprint density at radius 1 is 1.35 bits per heavy atom. The van der Waals surface area contributed by atoms with Gasteiger partial charge in [0.2, 0.25) is 0 Å². The molecule has 5 nitrogen and oxygen atoms in total. The Hall–Kier alpha value is -1.92. The van der Waals surface area contributed by atoms with Gasteiger partial charge in [-0.25, -0.2) is 0 Å². The predicted molar refractivity (Wildman–Crippen MR) is 93.7 cm³/mol. The highest BCUT2D eigenvalue weighted by atomic mass is 79.9. The second-order valence-corrected chi connectivity index (χ2v) is 6.24. The van der Waals surface area contributed by atoms with E-state index in [1.54, 1.807) is 25.6 Å². The zero-order valence-corrected chi connectivity index (χ0v) is 15.0. The molecular weight excluding hydrogens is 358 g/mol. The maximum absolute atomic E-state index is 12.3. The Labute approximate surface area is 144 Å². The van der Waals surface area contributed by atoms with Gasteiger partial charge in [0.1, 0.15) is 5.75 Å². The Morgan fingerprint density at radius 3 is 2.74 bits per heavy atom. The number of amides is 1. The Balaban J connectivity index is 2.13. The van der Waals surface area contributed by atoms with Crippen LogP contribution < -0.4 is 10.1 Å². The number of aromatic nitrogens is 1. The van der Waals surface area contributed by atoms with Gasteiger partial charge in [-0.05, 0) is 42.2 Å². The summed E-state index contributed by atoms with van der Waals surface area (Å²) in [7, 11) is 5.60. The minimum Gasteiger partial charge on any atom is -0.496 e. The normalized spacial score (nSPS) is 12.0. The van der Waals surface area contributed by atoms with E-state index >= 15 is 0 Å². The maximum Gasteiger partial charge on any atom is 0.252 e. The molecule has 1 atom stereocenters. The van der Waals surface area contributed by atoms with E-state index in [0.29, 0.717) is 12.1 Å². The summed E-state index contributed by atoms with van der Waals surface area (Å²) in [5, 5.41) is 2.96. The number of carbonyl (C=O) groups is 1. The van der Waals surface area contributed by atoms with E-state index in [1.807, 2.05) is 38.4 Å². The fraction of sp³-hybridized carbons (Fsp3) is 0.294. The van der Waals surface area contributed by atoms with Crippen LogP contribution in [0.2, 0.25) is 0 Å². The number of hydrogen-bond donors (Lipinski definition) is 1. The van der Waals surface area contributed by atoms with Crippen LogP contribution in [0.15, 0.2) is 47.2 Å². The Morgan fingerprint density at radius 2 is 2.09 bits per heavy atom. The van der Waals surface area contributed by atoms with Crippen molar-refractivity contribution in [1.29, 1.82) is 0 Å². The van der Waals surface area contributed by atoms with Crippen molar-refractivity contribution in [3.8, 4) is 5.75 Å². The Bertz CT molecular complexity index is 676. The van der Waals surface area contributed by atoms with E-state index in [0.717, 1.165) is 15.8 Å². The first kappa shape index (κ1) is 17.4. The molecule has 2 aromatic rings. The number of rotatable bonds is 6. The van der Waals surface area contributed by atoms with Crippen molar-refractivity contribution in [3.05, 3.63) is 58.3 Å². The molecule has 2 rings (SSSR count). The summed E-state index contributed by atoms with van der Waals surface area (Å²) in [4.78, 5) is 18.4. The minimum absolute atomic E-state index is 0.00946. The SMILES string of the molecule is COc1ccccc1C(CNC(=O)c1cncc(Br)c1)N(C)C. The molecular formula is C17H20BrN3O2. The lowest BCUT2D eigenvalue weighted by Crippen LogP contribution is -2.34. The number of carbonyl (C=O) groups excluding carboxylic acids is 1. The molecule has 1 aromatic carbocycles. The van der Waals surface area contributed by atoms with Gasteiger partial charge in [-0.3, -0.25) is 9.78 Å². The number of para-hydroxylation sites is 1. The van der Waals surface area contributed by atoms with Crippen LogP contribution in [-0.2, 0) is 0 Å². The number of ether oxygens (including phenoxy) is 1. The fourth-order valence-electron chi connectivity index (χ4n) is 2.34. The fourth-order valence-corrected chi connectivity index (χ4v) is 2.70. The molecule has 1 aromatic heterocycles. The van der Waals surface area contributed by atoms with Crippen LogP contribution >= 0.6 is 15.9 Å². The second-order valence-electron chi connectivity index (χ2n) is 5.32. The second kappa shape index (κ2) is 8.08. The molecule has 6 heteroatoms. The first-order valence-corrected chi connectivity index (χ1v) is 8.00. The lowest BCUT2D eigenvalue weighted by molar-refractivity contribution is 0.0941. The quantitative estimate of drug-likeness (QED) is 0.840. The number of hydrogen-bond acceptors (Lipinski definition) is 4. The van der Waals surface area contributed by atoms with Crippen LogP contribution in [0, 0.1) is 0 Å². The first-order valence-electron chi connectivity index (χ1n) is 7.21. The molecule has 0 aliphatic carbocycles. The lowest BCUT2D eigenvalue weighted by Gasteiger charge is -2.26. The molecule has 1 heterocycles. The van der Waals surface area contributed by atoms with Crippen molar-refractivity contribution in [2.75, 3.05) is 27.7 Å². The monoisotopic (exact) mass is 377 g/mol. The zero-order chi connectivity index (χ0) is 16.8. The van der Waals surface area contributed by atoms with Crippen LogP contribution in [0.1, 0.15) is 22.0 Å². The molecule has 0 fully saturated rings. The molecule has 0 spiro atoms. The zero-order valence-electron chi connectivity index (χ0n) is 13.4. The number of pyridine rings is 1. The third-order valence-electron chi connectivity index (χ3n) is 3.54. The molecule has 1 amide bonds. The van der Waals surface area contributed by atoms with E-state index in [2.05, 4.69) is 31.1 Å². The van der Waals surface area contributed by atoms with Crippen LogP contribution in [0.3, 0.4) is 0 Å². The molecule has 0 aliphatic rings. The van der Waals surface area contributed by atoms with E-state index in [-0.39, 0.29) is 11.9 Å². The number of likely N-dealkylation sites (N-methyl/N-ethyl adjacent to an activating group) is 1. The summed E-state index contributed by atoms with van der Waals surface area (Å²) in [5.41, 5.74) is 1.56. The summed E-state index contributed by atoms with van der Waals surface area (Å²) in [6, 6.07) is 9.59. The van der Waals surface area contributed by atoms with Gasteiger partial charge in [-0.1, -0.05) is 18.2 Å². The predicted octanol–water partition coefficient (Wildman–Crippen LogP) is 2.89. The van der Waals surface area contributed by atoms with Crippen molar-refractivity contribution in [2.24, 2.45) is 0 Å². The van der Waals surface area contributed by atoms with Crippen molar-refractivity contribution < 1.29 is 9.53 Å². The van der Waals surface area contributed by atoms with Gasteiger partial charge in [-0.2, -0.15) is 0 Å². The molecule has 0 saturated carbocycles. The number of benzene rings is 1. The molecule has 122 valence electrons. The van der Waals surface area contributed by atoms with Crippen molar-refractivity contribution >= 4 is 21.8 Å². The molecule has 0 saturated heterocycles. The summed E-state index contributed by atoms with van der Waals surface area (Å²) >= 11 is 3.32. The van der Waals surface area contributed by atoms with Gasteiger partial charge in [-0.15, -0.1) is 0 Å². The van der Waals surface area contributed by atoms with Gasteiger partial charge in [0.05, 0.1) is 18.7 Å². The van der Waals surface area contributed by atoms with Crippen LogP contribution in [0.5, 0.6) is 5.75 Å². The highest BCUT2D eigenvalue weighted by Gasteiger charge is 2.19. The third-order valence-corrected chi connectivity index (χ3v) is 3.98. The standard InChI is InChI=1S/C17H20BrN3O2/c1-21(2)15(14-6-4-5-7-16(14)23-3)11-20-17(22)12-8-13(18)10-19-9-12/h4-10,15H,11H2,1-3H3,(H,20,22). The van der Waals surface area contributed by atoms with Gasteiger partial charge in [0.15, 0.2) is 0 Å². The molecule has 1 unspecified atom stereocenters. The van der Waals surface area contributed by atoms with Gasteiger partial charge < -0.3 is 15.0 Å². The van der Waals surface area contributed by atoms with Gasteiger partial charge in [0, 0.05) is 29.0 Å². The van der Waals surface area contributed by atoms with Crippen LogP contribution in [0.4, 0.5) is 0 Å². The van der Waals surface area contributed by atoms with Gasteiger partial charge in [0.25, 0.3) is 5.91 Å². The van der Waals surface area contributed by atoms with Crippen LogP contribution in [0.25, 0.3) is 0 Å².